The van der Waals surface area contributed by atoms with E-state index in [0.717, 1.165) is 31.4 Å². The van der Waals surface area contributed by atoms with Crippen molar-refractivity contribution in [3.63, 3.8) is 0 Å². The van der Waals surface area contributed by atoms with E-state index in [1.165, 1.54) is 12.1 Å². The average Bonchev–Trinajstić information content (AvgIpc) is 2.75. The SMILES string of the molecule is O=[N+]([O-])c1ccc(NCC2(O)CCCC2)cc1. The molecule has 0 aliphatic heterocycles. The molecule has 0 amide bonds. The molecule has 0 unspecified atom stereocenters. The van der Waals surface area contributed by atoms with Gasteiger partial charge in [-0.25, -0.2) is 0 Å². The van der Waals surface area contributed by atoms with Gasteiger partial charge in [-0.05, 0) is 25.0 Å². The molecular formula is C12H16N2O3. The molecule has 17 heavy (non-hydrogen) atoms. The summed E-state index contributed by atoms with van der Waals surface area (Å²) in [4.78, 5) is 10.1. The predicted molar refractivity (Wildman–Crippen MR) is 65.0 cm³/mol. The van der Waals surface area contributed by atoms with Gasteiger partial charge in [0.1, 0.15) is 0 Å². The second kappa shape index (κ2) is 4.71. The number of anilines is 1. The highest BCUT2D eigenvalue weighted by molar-refractivity contribution is 5.48. The normalized spacial score (nSPS) is 17.9. The van der Waals surface area contributed by atoms with E-state index in [1.807, 2.05) is 0 Å². The number of benzene rings is 1. The molecule has 1 aliphatic carbocycles. The number of rotatable bonds is 4. The molecule has 5 nitrogen and oxygen atoms in total. The van der Waals surface area contributed by atoms with Gasteiger partial charge in [-0.15, -0.1) is 0 Å². The van der Waals surface area contributed by atoms with E-state index in [9.17, 15) is 15.2 Å². The van der Waals surface area contributed by atoms with Crippen molar-refractivity contribution in [2.75, 3.05) is 11.9 Å². The van der Waals surface area contributed by atoms with Crippen molar-refractivity contribution in [3.05, 3.63) is 34.4 Å². The second-order valence-corrected chi connectivity index (χ2v) is 4.59. The summed E-state index contributed by atoms with van der Waals surface area (Å²) in [7, 11) is 0. The Labute approximate surface area is 99.6 Å². The lowest BCUT2D eigenvalue weighted by molar-refractivity contribution is -0.384. The van der Waals surface area contributed by atoms with Gasteiger partial charge in [0, 0.05) is 24.4 Å². The molecule has 1 aliphatic rings. The first-order valence-electron chi connectivity index (χ1n) is 5.80. The zero-order valence-electron chi connectivity index (χ0n) is 9.56. The largest absolute Gasteiger partial charge is 0.388 e. The van der Waals surface area contributed by atoms with Crippen molar-refractivity contribution in [2.45, 2.75) is 31.3 Å². The van der Waals surface area contributed by atoms with E-state index < -0.39 is 10.5 Å². The minimum absolute atomic E-state index is 0.0788. The molecule has 0 atom stereocenters. The summed E-state index contributed by atoms with van der Waals surface area (Å²) in [5, 5.41) is 23.7. The van der Waals surface area contributed by atoms with Crippen LogP contribution in [-0.2, 0) is 0 Å². The Morgan fingerprint density at radius 3 is 2.41 bits per heavy atom. The predicted octanol–water partition coefficient (Wildman–Crippen LogP) is 2.31. The zero-order chi connectivity index (χ0) is 12.3. The van der Waals surface area contributed by atoms with Crippen LogP contribution in [0.1, 0.15) is 25.7 Å². The average molecular weight is 236 g/mol. The van der Waals surface area contributed by atoms with Crippen LogP contribution in [0.4, 0.5) is 11.4 Å². The lowest BCUT2D eigenvalue weighted by Crippen LogP contribution is -2.33. The van der Waals surface area contributed by atoms with Gasteiger partial charge in [0.25, 0.3) is 5.69 Å². The van der Waals surface area contributed by atoms with E-state index in [-0.39, 0.29) is 5.69 Å². The number of nitrogens with one attached hydrogen (secondary N) is 1. The third-order valence-corrected chi connectivity index (χ3v) is 3.23. The van der Waals surface area contributed by atoms with Crippen LogP contribution in [0.3, 0.4) is 0 Å². The van der Waals surface area contributed by atoms with Crippen LogP contribution in [0.15, 0.2) is 24.3 Å². The lowest BCUT2D eigenvalue weighted by Gasteiger charge is -2.22. The molecule has 1 aromatic carbocycles. The summed E-state index contributed by atoms with van der Waals surface area (Å²) in [6, 6.07) is 6.24. The van der Waals surface area contributed by atoms with Gasteiger partial charge in [0.2, 0.25) is 0 Å². The van der Waals surface area contributed by atoms with Gasteiger partial charge < -0.3 is 10.4 Å². The molecule has 0 saturated heterocycles. The smallest absolute Gasteiger partial charge is 0.269 e. The quantitative estimate of drug-likeness (QED) is 0.621. The maximum atomic E-state index is 10.5. The fourth-order valence-corrected chi connectivity index (χ4v) is 2.18. The van der Waals surface area contributed by atoms with Crippen molar-refractivity contribution < 1.29 is 10.0 Å². The molecule has 1 saturated carbocycles. The highest BCUT2D eigenvalue weighted by atomic mass is 16.6. The number of nitro benzene ring substituents is 1. The summed E-state index contributed by atoms with van der Waals surface area (Å²) in [5.74, 6) is 0. The third kappa shape index (κ3) is 2.94. The summed E-state index contributed by atoms with van der Waals surface area (Å²) in [5.41, 5.74) is 0.271. The molecule has 92 valence electrons. The number of hydrogen-bond donors (Lipinski definition) is 2. The van der Waals surface area contributed by atoms with Crippen molar-refractivity contribution >= 4 is 11.4 Å². The molecule has 5 heteroatoms. The van der Waals surface area contributed by atoms with Crippen LogP contribution in [0.25, 0.3) is 0 Å². The van der Waals surface area contributed by atoms with Crippen LogP contribution >= 0.6 is 0 Å². The van der Waals surface area contributed by atoms with E-state index >= 15 is 0 Å². The monoisotopic (exact) mass is 236 g/mol. The highest BCUT2D eigenvalue weighted by Crippen LogP contribution is 2.29. The zero-order valence-corrected chi connectivity index (χ0v) is 9.56. The number of nitro groups is 1. The Hall–Kier alpha value is -1.62. The minimum Gasteiger partial charge on any atom is -0.388 e. The molecule has 0 heterocycles. The topological polar surface area (TPSA) is 75.4 Å². The van der Waals surface area contributed by atoms with Crippen molar-refractivity contribution in [1.29, 1.82) is 0 Å². The Balaban J connectivity index is 1.93. The molecule has 0 aromatic heterocycles. The van der Waals surface area contributed by atoms with Crippen LogP contribution in [-0.4, -0.2) is 22.2 Å². The van der Waals surface area contributed by atoms with Gasteiger partial charge in [0.15, 0.2) is 0 Å². The molecule has 0 spiro atoms. The van der Waals surface area contributed by atoms with Gasteiger partial charge in [-0.3, -0.25) is 10.1 Å². The Morgan fingerprint density at radius 2 is 1.88 bits per heavy atom. The summed E-state index contributed by atoms with van der Waals surface area (Å²) < 4.78 is 0. The molecule has 0 bridgehead atoms. The maximum absolute atomic E-state index is 10.5. The van der Waals surface area contributed by atoms with Crippen LogP contribution in [0, 0.1) is 10.1 Å². The lowest BCUT2D eigenvalue weighted by atomic mass is 10.0. The van der Waals surface area contributed by atoms with Crippen LogP contribution < -0.4 is 5.32 Å². The first kappa shape index (κ1) is 11.9. The molecule has 2 N–H and O–H groups in total. The number of aliphatic hydroxyl groups is 1. The number of hydrogen-bond acceptors (Lipinski definition) is 4. The van der Waals surface area contributed by atoms with Crippen LogP contribution in [0.2, 0.25) is 0 Å². The molecule has 1 aromatic rings. The number of non-ortho nitro benzene ring substituents is 1. The number of nitrogens with zero attached hydrogens (tertiary/aromatic N) is 1. The van der Waals surface area contributed by atoms with Gasteiger partial charge in [-0.2, -0.15) is 0 Å². The molecule has 0 radical (unpaired) electrons. The molecule has 2 rings (SSSR count). The Kier molecular flexibility index (Phi) is 3.28. The van der Waals surface area contributed by atoms with E-state index in [1.54, 1.807) is 12.1 Å². The van der Waals surface area contributed by atoms with E-state index in [2.05, 4.69) is 5.32 Å². The fourth-order valence-electron chi connectivity index (χ4n) is 2.18. The highest BCUT2D eigenvalue weighted by Gasteiger charge is 2.30. The van der Waals surface area contributed by atoms with Crippen molar-refractivity contribution in [2.24, 2.45) is 0 Å². The van der Waals surface area contributed by atoms with Crippen molar-refractivity contribution in [3.8, 4) is 0 Å². The molecule has 1 fully saturated rings. The standard InChI is InChI=1S/C12H16N2O3/c15-12(7-1-2-8-12)9-13-10-3-5-11(6-4-10)14(16)17/h3-6,13,15H,1-2,7-9H2. The third-order valence-electron chi connectivity index (χ3n) is 3.23. The van der Waals surface area contributed by atoms with Gasteiger partial charge >= 0.3 is 0 Å². The summed E-state index contributed by atoms with van der Waals surface area (Å²) in [6.07, 6.45) is 3.79. The minimum atomic E-state index is -0.609. The van der Waals surface area contributed by atoms with E-state index in [0.29, 0.717) is 6.54 Å². The van der Waals surface area contributed by atoms with E-state index in [4.69, 9.17) is 0 Å². The van der Waals surface area contributed by atoms with Crippen LogP contribution in [0.5, 0.6) is 0 Å². The van der Waals surface area contributed by atoms with Crippen molar-refractivity contribution in [1.82, 2.24) is 0 Å². The second-order valence-electron chi connectivity index (χ2n) is 4.59. The summed E-state index contributed by atoms with van der Waals surface area (Å²) in [6.45, 7) is 0.505. The summed E-state index contributed by atoms with van der Waals surface area (Å²) >= 11 is 0. The van der Waals surface area contributed by atoms with Gasteiger partial charge in [0.05, 0.1) is 10.5 Å². The Morgan fingerprint density at radius 1 is 1.29 bits per heavy atom. The first-order valence-corrected chi connectivity index (χ1v) is 5.80. The maximum Gasteiger partial charge on any atom is 0.269 e. The fraction of sp³-hybridized carbons (Fsp3) is 0.500. The van der Waals surface area contributed by atoms with Gasteiger partial charge in [-0.1, -0.05) is 12.8 Å². The first-order chi connectivity index (χ1) is 8.09. The Bertz CT molecular complexity index is 397. The molecular weight excluding hydrogens is 220 g/mol.